The van der Waals surface area contributed by atoms with Crippen LogP contribution in [0.1, 0.15) is 24.8 Å². The summed E-state index contributed by atoms with van der Waals surface area (Å²) in [5, 5.41) is 2.77. The Labute approximate surface area is 102 Å². The fraction of sp³-hybridized carbons (Fsp3) is 0.462. The van der Waals surface area contributed by atoms with E-state index in [1.54, 1.807) is 7.11 Å². The van der Waals surface area contributed by atoms with Crippen molar-refractivity contribution in [2.24, 2.45) is 5.73 Å². The molecular weight excluding hydrogens is 216 g/mol. The fourth-order valence-corrected chi connectivity index (χ4v) is 1.61. The molecule has 0 aromatic heterocycles. The summed E-state index contributed by atoms with van der Waals surface area (Å²) in [6.07, 6.45) is 0.479. The smallest absolute Gasteiger partial charge is 0.220 e. The summed E-state index contributed by atoms with van der Waals surface area (Å²) in [4.78, 5) is 11.5. The average Bonchev–Trinajstić information content (AvgIpc) is 2.36. The quantitative estimate of drug-likeness (QED) is 0.781. The van der Waals surface area contributed by atoms with Gasteiger partial charge >= 0.3 is 0 Å². The lowest BCUT2D eigenvalue weighted by Crippen LogP contribution is -2.29. The minimum absolute atomic E-state index is 0.0405. The van der Waals surface area contributed by atoms with Gasteiger partial charge in [0.05, 0.1) is 7.11 Å². The van der Waals surface area contributed by atoms with Crippen molar-refractivity contribution in [3.8, 4) is 5.75 Å². The highest BCUT2D eigenvalue weighted by Gasteiger charge is 2.10. The van der Waals surface area contributed by atoms with E-state index >= 15 is 0 Å². The number of carbonyl (C=O) groups is 1. The Balaban J connectivity index is 2.51. The van der Waals surface area contributed by atoms with E-state index in [4.69, 9.17) is 10.5 Å². The van der Waals surface area contributed by atoms with Crippen LogP contribution >= 0.6 is 0 Å². The molecule has 0 spiro atoms. The summed E-state index contributed by atoms with van der Waals surface area (Å²) in [6.45, 7) is 3.04. The predicted octanol–water partition coefficient (Wildman–Crippen LogP) is 1.26. The summed E-state index contributed by atoms with van der Waals surface area (Å²) in [5.41, 5.74) is 6.46. The first-order valence-electron chi connectivity index (χ1n) is 5.78. The molecule has 0 radical (unpaired) electrons. The summed E-state index contributed by atoms with van der Waals surface area (Å²) < 4.78 is 5.09. The van der Waals surface area contributed by atoms with Crippen LogP contribution in [0.5, 0.6) is 5.75 Å². The molecule has 1 unspecified atom stereocenters. The Morgan fingerprint density at radius 1 is 1.41 bits per heavy atom. The van der Waals surface area contributed by atoms with Crippen LogP contribution in [0, 0.1) is 0 Å². The van der Waals surface area contributed by atoms with Crippen LogP contribution in [-0.2, 0) is 4.79 Å². The zero-order chi connectivity index (χ0) is 12.7. The topological polar surface area (TPSA) is 64.3 Å². The zero-order valence-electron chi connectivity index (χ0n) is 10.4. The highest BCUT2D eigenvalue weighted by Crippen LogP contribution is 2.21. The number of carbonyl (C=O) groups excluding carboxylic acids is 1. The van der Waals surface area contributed by atoms with Gasteiger partial charge in [0.25, 0.3) is 0 Å². The van der Waals surface area contributed by atoms with Crippen LogP contribution in [0.4, 0.5) is 0 Å². The summed E-state index contributed by atoms with van der Waals surface area (Å²) in [5.74, 6) is 1.06. The van der Waals surface area contributed by atoms with Crippen molar-refractivity contribution in [3.05, 3.63) is 29.8 Å². The van der Waals surface area contributed by atoms with Gasteiger partial charge in [0, 0.05) is 19.5 Å². The third-order valence-corrected chi connectivity index (χ3v) is 2.64. The molecule has 1 rings (SSSR count). The molecule has 0 aliphatic heterocycles. The van der Waals surface area contributed by atoms with Gasteiger partial charge in [-0.1, -0.05) is 19.1 Å². The van der Waals surface area contributed by atoms with Crippen LogP contribution < -0.4 is 15.8 Å². The first-order valence-corrected chi connectivity index (χ1v) is 5.78. The first kappa shape index (κ1) is 13.5. The predicted molar refractivity (Wildman–Crippen MR) is 68.1 cm³/mol. The van der Waals surface area contributed by atoms with Crippen molar-refractivity contribution in [2.45, 2.75) is 19.3 Å². The maximum Gasteiger partial charge on any atom is 0.220 e. The molecule has 17 heavy (non-hydrogen) atoms. The number of amides is 1. The van der Waals surface area contributed by atoms with Crippen molar-refractivity contribution < 1.29 is 9.53 Å². The molecule has 0 saturated heterocycles. The number of benzene rings is 1. The monoisotopic (exact) mass is 236 g/mol. The van der Waals surface area contributed by atoms with Crippen LogP contribution in [-0.4, -0.2) is 26.1 Å². The Morgan fingerprint density at radius 2 is 2.06 bits per heavy atom. The lowest BCUT2D eigenvalue weighted by atomic mass is 9.97. The number of ether oxygens (including phenoxy) is 1. The molecule has 1 aromatic rings. The summed E-state index contributed by atoms with van der Waals surface area (Å²) >= 11 is 0. The van der Waals surface area contributed by atoms with E-state index in [0.717, 1.165) is 11.3 Å². The molecule has 1 amide bonds. The highest BCUT2D eigenvalue weighted by atomic mass is 16.5. The van der Waals surface area contributed by atoms with Crippen molar-refractivity contribution in [1.29, 1.82) is 0 Å². The van der Waals surface area contributed by atoms with Gasteiger partial charge in [-0.3, -0.25) is 4.79 Å². The van der Waals surface area contributed by atoms with Crippen LogP contribution in [0.15, 0.2) is 24.3 Å². The molecule has 0 aliphatic rings. The molecule has 4 heteroatoms. The molecule has 1 atom stereocenters. The normalized spacial score (nSPS) is 11.9. The van der Waals surface area contributed by atoms with Gasteiger partial charge in [-0.25, -0.2) is 0 Å². The lowest BCUT2D eigenvalue weighted by Gasteiger charge is -2.12. The lowest BCUT2D eigenvalue weighted by molar-refractivity contribution is -0.121. The maximum atomic E-state index is 11.5. The Morgan fingerprint density at radius 3 is 2.59 bits per heavy atom. The number of nitrogens with two attached hydrogens (primary N) is 1. The van der Waals surface area contributed by atoms with Gasteiger partial charge in [-0.05, 0) is 23.6 Å². The summed E-state index contributed by atoms with van der Waals surface area (Å²) in [6, 6.07) is 7.78. The van der Waals surface area contributed by atoms with E-state index in [9.17, 15) is 4.79 Å². The van der Waals surface area contributed by atoms with Crippen molar-refractivity contribution in [2.75, 3.05) is 20.2 Å². The fourth-order valence-electron chi connectivity index (χ4n) is 1.61. The van der Waals surface area contributed by atoms with Crippen LogP contribution in [0.3, 0.4) is 0 Å². The molecule has 4 nitrogen and oxygen atoms in total. The molecular formula is C13H20N2O2. The van der Waals surface area contributed by atoms with E-state index in [-0.39, 0.29) is 11.8 Å². The van der Waals surface area contributed by atoms with Crippen molar-refractivity contribution in [1.82, 2.24) is 5.32 Å². The molecule has 0 fully saturated rings. The van der Waals surface area contributed by atoms with Gasteiger partial charge in [0.15, 0.2) is 0 Å². The maximum absolute atomic E-state index is 11.5. The van der Waals surface area contributed by atoms with Gasteiger partial charge in [0.1, 0.15) is 5.75 Å². The van der Waals surface area contributed by atoms with E-state index in [1.807, 2.05) is 31.2 Å². The standard InChI is InChI=1S/C13H20N2O2/c1-10(9-13(16)15-8-7-14)11-3-5-12(17-2)6-4-11/h3-6,10H,7-9,14H2,1-2H3,(H,15,16). The van der Waals surface area contributed by atoms with Crippen LogP contribution in [0.25, 0.3) is 0 Å². The SMILES string of the molecule is COc1ccc(C(C)CC(=O)NCCN)cc1. The average molecular weight is 236 g/mol. The molecule has 0 bridgehead atoms. The minimum Gasteiger partial charge on any atom is -0.497 e. The third kappa shape index (κ3) is 4.44. The number of nitrogens with one attached hydrogen (secondary N) is 1. The molecule has 0 heterocycles. The number of methoxy groups -OCH3 is 1. The summed E-state index contributed by atoms with van der Waals surface area (Å²) in [7, 11) is 1.64. The zero-order valence-corrected chi connectivity index (χ0v) is 10.4. The molecule has 0 saturated carbocycles. The third-order valence-electron chi connectivity index (χ3n) is 2.64. The van der Waals surface area contributed by atoms with Crippen molar-refractivity contribution >= 4 is 5.91 Å². The molecule has 3 N–H and O–H groups in total. The molecule has 0 aliphatic carbocycles. The second kappa shape index (κ2) is 6.91. The Bertz CT molecular complexity index is 349. The molecule has 94 valence electrons. The number of hydrogen-bond acceptors (Lipinski definition) is 3. The second-order valence-electron chi connectivity index (χ2n) is 4.02. The number of rotatable bonds is 6. The first-order chi connectivity index (χ1) is 8.17. The van der Waals surface area contributed by atoms with Crippen molar-refractivity contribution in [3.63, 3.8) is 0 Å². The van der Waals surface area contributed by atoms with Gasteiger partial charge in [-0.15, -0.1) is 0 Å². The van der Waals surface area contributed by atoms with E-state index in [0.29, 0.717) is 19.5 Å². The minimum atomic E-state index is 0.0405. The number of hydrogen-bond donors (Lipinski definition) is 2. The largest absolute Gasteiger partial charge is 0.497 e. The second-order valence-corrected chi connectivity index (χ2v) is 4.02. The van der Waals surface area contributed by atoms with E-state index < -0.39 is 0 Å². The van der Waals surface area contributed by atoms with Crippen LogP contribution in [0.2, 0.25) is 0 Å². The Kier molecular flexibility index (Phi) is 5.49. The highest BCUT2D eigenvalue weighted by molar-refractivity contribution is 5.76. The van der Waals surface area contributed by atoms with Gasteiger partial charge < -0.3 is 15.8 Å². The van der Waals surface area contributed by atoms with E-state index in [1.165, 1.54) is 0 Å². The van der Waals surface area contributed by atoms with Gasteiger partial charge in [-0.2, -0.15) is 0 Å². The Hall–Kier alpha value is -1.55. The van der Waals surface area contributed by atoms with E-state index in [2.05, 4.69) is 5.32 Å². The van der Waals surface area contributed by atoms with Gasteiger partial charge in [0.2, 0.25) is 5.91 Å². The molecule has 1 aromatic carbocycles.